The van der Waals surface area contributed by atoms with Crippen LogP contribution < -0.4 is 10.2 Å². The predicted molar refractivity (Wildman–Crippen MR) is 122 cm³/mol. The van der Waals surface area contributed by atoms with Gasteiger partial charge in [0.1, 0.15) is 11.6 Å². The van der Waals surface area contributed by atoms with Crippen LogP contribution in [0.15, 0.2) is 42.5 Å². The summed E-state index contributed by atoms with van der Waals surface area (Å²) in [7, 11) is 0. The molecule has 0 spiro atoms. The first kappa shape index (κ1) is 23.5. The number of halogens is 2. The number of benzene rings is 2. The summed E-state index contributed by atoms with van der Waals surface area (Å²) in [6.45, 7) is 7.03. The van der Waals surface area contributed by atoms with Gasteiger partial charge in [-0.15, -0.1) is 0 Å². The van der Waals surface area contributed by atoms with E-state index in [0.717, 1.165) is 25.9 Å². The van der Waals surface area contributed by atoms with Gasteiger partial charge in [0.15, 0.2) is 0 Å². The lowest BCUT2D eigenvalue weighted by molar-refractivity contribution is 0.0671. The third-order valence-electron chi connectivity index (χ3n) is 5.45. The zero-order valence-corrected chi connectivity index (χ0v) is 18.6. The van der Waals surface area contributed by atoms with Crippen LogP contribution in [-0.2, 0) is 0 Å². The van der Waals surface area contributed by atoms with Gasteiger partial charge in [-0.3, -0.25) is 4.79 Å². The molecule has 0 unspecified atom stereocenters. The number of hydrogen-bond donors (Lipinski definition) is 1. The van der Waals surface area contributed by atoms with Crippen LogP contribution in [0.1, 0.15) is 37.0 Å². The van der Waals surface area contributed by atoms with Crippen LogP contribution in [0.4, 0.5) is 25.0 Å². The molecule has 3 amide bonds. The molecule has 1 saturated heterocycles. The average molecular weight is 445 g/mol. The maximum Gasteiger partial charge on any atom is 0.321 e. The standard InChI is InChI=1S/C24H30F2N4O2/c1-3-10-28(11-4-2)22-9-8-20(17-21(22)26)27-24(32)30-14-12-29(13-15-30)23(31)18-6-5-7-19(25)16-18/h5-9,16-17H,3-4,10-15H2,1-2H3,(H,27,32). The lowest BCUT2D eigenvalue weighted by Crippen LogP contribution is -2.51. The van der Waals surface area contributed by atoms with Gasteiger partial charge in [-0.1, -0.05) is 19.9 Å². The number of piperazine rings is 1. The fourth-order valence-electron chi connectivity index (χ4n) is 3.85. The summed E-state index contributed by atoms with van der Waals surface area (Å²) in [5.41, 5.74) is 1.22. The second-order valence-corrected chi connectivity index (χ2v) is 7.87. The summed E-state index contributed by atoms with van der Waals surface area (Å²) in [6.07, 6.45) is 1.84. The molecular weight excluding hydrogens is 414 g/mol. The minimum atomic E-state index is -0.459. The molecule has 8 heteroatoms. The normalized spacial score (nSPS) is 13.8. The maximum absolute atomic E-state index is 14.7. The Morgan fingerprint density at radius 2 is 1.59 bits per heavy atom. The molecule has 172 valence electrons. The Labute approximate surface area is 187 Å². The number of amides is 3. The van der Waals surface area contributed by atoms with Crippen LogP contribution in [0.5, 0.6) is 0 Å². The Morgan fingerprint density at radius 3 is 2.19 bits per heavy atom. The summed E-state index contributed by atoms with van der Waals surface area (Å²) in [5, 5.41) is 2.74. The number of carbonyl (C=O) groups is 2. The van der Waals surface area contributed by atoms with E-state index in [2.05, 4.69) is 19.2 Å². The number of urea groups is 1. The van der Waals surface area contributed by atoms with Gasteiger partial charge in [0, 0.05) is 50.5 Å². The number of anilines is 2. The van der Waals surface area contributed by atoms with Gasteiger partial charge in [0.25, 0.3) is 5.91 Å². The third-order valence-corrected chi connectivity index (χ3v) is 5.45. The van der Waals surface area contributed by atoms with Gasteiger partial charge in [-0.05, 0) is 49.2 Å². The molecule has 0 bridgehead atoms. The summed E-state index contributed by atoms with van der Waals surface area (Å²) >= 11 is 0. The first-order valence-electron chi connectivity index (χ1n) is 11.1. The molecule has 1 aliphatic heterocycles. The molecule has 1 heterocycles. The lowest BCUT2D eigenvalue weighted by Gasteiger charge is -2.34. The van der Waals surface area contributed by atoms with Gasteiger partial charge < -0.3 is 20.0 Å². The molecule has 0 aliphatic carbocycles. The van der Waals surface area contributed by atoms with Crippen LogP contribution >= 0.6 is 0 Å². The summed E-state index contributed by atoms with van der Waals surface area (Å²) in [6, 6.07) is 9.99. The van der Waals surface area contributed by atoms with Crippen molar-refractivity contribution in [3.63, 3.8) is 0 Å². The van der Waals surface area contributed by atoms with Crippen molar-refractivity contribution >= 4 is 23.3 Å². The molecule has 6 nitrogen and oxygen atoms in total. The van der Waals surface area contributed by atoms with Gasteiger partial charge in [-0.25, -0.2) is 13.6 Å². The van der Waals surface area contributed by atoms with Crippen LogP contribution in [-0.4, -0.2) is 61.0 Å². The first-order valence-corrected chi connectivity index (χ1v) is 11.1. The monoisotopic (exact) mass is 444 g/mol. The van der Waals surface area contributed by atoms with Crippen LogP contribution in [0.25, 0.3) is 0 Å². The summed E-state index contributed by atoms with van der Waals surface area (Å²) in [5.74, 6) is -1.08. The zero-order valence-electron chi connectivity index (χ0n) is 18.6. The van der Waals surface area contributed by atoms with E-state index in [1.807, 2.05) is 4.90 Å². The van der Waals surface area contributed by atoms with Crippen molar-refractivity contribution in [2.24, 2.45) is 0 Å². The average Bonchev–Trinajstić information content (AvgIpc) is 2.79. The van der Waals surface area contributed by atoms with E-state index >= 15 is 0 Å². The van der Waals surface area contributed by atoms with Crippen molar-refractivity contribution in [1.82, 2.24) is 9.80 Å². The topological polar surface area (TPSA) is 55.9 Å². The second kappa shape index (κ2) is 10.9. The van der Waals surface area contributed by atoms with Crippen molar-refractivity contribution in [1.29, 1.82) is 0 Å². The SMILES string of the molecule is CCCN(CCC)c1ccc(NC(=O)N2CCN(C(=O)c3cccc(F)c3)CC2)cc1F. The molecule has 32 heavy (non-hydrogen) atoms. The highest BCUT2D eigenvalue weighted by Gasteiger charge is 2.25. The number of nitrogens with one attached hydrogen (secondary N) is 1. The molecule has 2 aromatic carbocycles. The van der Waals surface area contributed by atoms with Crippen molar-refractivity contribution in [2.45, 2.75) is 26.7 Å². The molecule has 0 radical (unpaired) electrons. The van der Waals surface area contributed by atoms with Gasteiger partial charge in [-0.2, -0.15) is 0 Å². The van der Waals surface area contributed by atoms with E-state index in [1.165, 1.54) is 24.3 Å². The number of nitrogens with zero attached hydrogens (tertiary/aromatic N) is 3. The second-order valence-electron chi connectivity index (χ2n) is 7.87. The minimum Gasteiger partial charge on any atom is -0.369 e. The highest BCUT2D eigenvalue weighted by Crippen LogP contribution is 2.24. The highest BCUT2D eigenvalue weighted by molar-refractivity contribution is 5.94. The maximum atomic E-state index is 14.7. The van der Waals surface area contributed by atoms with Crippen molar-refractivity contribution in [2.75, 3.05) is 49.5 Å². The number of hydrogen-bond acceptors (Lipinski definition) is 3. The molecular formula is C24H30F2N4O2. The van der Waals surface area contributed by atoms with E-state index in [0.29, 0.717) is 43.1 Å². The summed E-state index contributed by atoms with van der Waals surface area (Å²) < 4.78 is 28.1. The molecule has 1 fully saturated rings. The fourth-order valence-corrected chi connectivity index (χ4v) is 3.85. The number of carbonyl (C=O) groups excluding carboxylic acids is 2. The predicted octanol–water partition coefficient (Wildman–Crippen LogP) is 4.58. The largest absolute Gasteiger partial charge is 0.369 e. The van der Waals surface area contributed by atoms with E-state index in [-0.39, 0.29) is 17.8 Å². The lowest BCUT2D eigenvalue weighted by atomic mass is 10.2. The Balaban J connectivity index is 1.56. The zero-order chi connectivity index (χ0) is 23.1. The summed E-state index contributed by atoms with van der Waals surface area (Å²) in [4.78, 5) is 30.3. The Kier molecular flexibility index (Phi) is 8.03. The Hall–Kier alpha value is -3.16. The molecule has 0 aromatic heterocycles. The Bertz CT molecular complexity index is 939. The highest BCUT2D eigenvalue weighted by atomic mass is 19.1. The van der Waals surface area contributed by atoms with Crippen LogP contribution in [0.3, 0.4) is 0 Å². The van der Waals surface area contributed by atoms with E-state index < -0.39 is 5.82 Å². The Morgan fingerprint density at radius 1 is 0.938 bits per heavy atom. The van der Waals surface area contributed by atoms with E-state index in [4.69, 9.17) is 0 Å². The third kappa shape index (κ3) is 5.75. The molecule has 1 aliphatic rings. The molecule has 0 saturated carbocycles. The fraction of sp³-hybridized carbons (Fsp3) is 0.417. The quantitative estimate of drug-likeness (QED) is 0.680. The van der Waals surface area contributed by atoms with E-state index in [9.17, 15) is 18.4 Å². The van der Waals surface area contributed by atoms with E-state index in [1.54, 1.807) is 28.0 Å². The van der Waals surface area contributed by atoms with Crippen molar-refractivity contribution < 1.29 is 18.4 Å². The minimum absolute atomic E-state index is 0.258. The van der Waals surface area contributed by atoms with Gasteiger partial charge >= 0.3 is 6.03 Å². The van der Waals surface area contributed by atoms with Gasteiger partial charge in [0.2, 0.25) is 0 Å². The first-order chi connectivity index (χ1) is 15.4. The molecule has 0 atom stereocenters. The molecule has 3 rings (SSSR count). The van der Waals surface area contributed by atoms with Gasteiger partial charge in [0.05, 0.1) is 5.69 Å². The van der Waals surface area contributed by atoms with Crippen molar-refractivity contribution in [3.8, 4) is 0 Å². The molecule has 2 aromatic rings. The molecule has 1 N–H and O–H groups in total. The van der Waals surface area contributed by atoms with Crippen LogP contribution in [0, 0.1) is 11.6 Å². The number of rotatable bonds is 7. The smallest absolute Gasteiger partial charge is 0.321 e. The van der Waals surface area contributed by atoms with Crippen molar-refractivity contribution in [3.05, 3.63) is 59.7 Å². The van der Waals surface area contributed by atoms with Crippen LogP contribution in [0.2, 0.25) is 0 Å².